The number of carboxylic acids is 1. The zero-order valence-electron chi connectivity index (χ0n) is 4.89. The minimum absolute atomic E-state index is 0.554. The van der Waals surface area contributed by atoms with Gasteiger partial charge in [-0.25, -0.2) is 0 Å². The van der Waals surface area contributed by atoms with Crippen LogP contribution in [0.2, 0.25) is 0 Å². The molecule has 0 aliphatic carbocycles. The molecule has 56 valence electrons. The number of rotatable bonds is 2. The van der Waals surface area contributed by atoms with Crippen molar-refractivity contribution in [3.8, 4) is 5.63 Å². The summed E-state index contributed by atoms with van der Waals surface area (Å²) in [6, 6.07) is -1.46. The molecular weight excluding hydrogens is 157 g/mol. The molecular formula is C4H6NO4P. The Bertz CT molecular complexity index is 220. The first kappa shape index (κ1) is 9.40. The van der Waals surface area contributed by atoms with Crippen LogP contribution in [0.5, 0.6) is 0 Å². The fourth-order valence-electron chi connectivity index (χ4n) is 0.269. The van der Waals surface area contributed by atoms with E-state index in [1.165, 1.54) is 0 Å². The van der Waals surface area contributed by atoms with Crippen LogP contribution in [0.3, 0.4) is 0 Å². The van der Waals surface area contributed by atoms with E-state index in [2.05, 4.69) is 0 Å². The molecule has 4 N–H and O–H groups in total. The molecule has 0 aliphatic rings. The fraction of sp³-hybridized carbons (Fsp3) is 0.500. The summed E-state index contributed by atoms with van der Waals surface area (Å²) < 4.78 is 9.72. The molecule has 0 saturated carbocycles. The topological polar surface area (TPSA) is 101 Å². The monoisotopic (exact) mass is 163 g/mol. The van der Waals surface area contributed by atoms with E-state index in [4.69, 9.17) is 15.9 Å². The van der Waals surface area contributed by atoms with Gasteiger partial charge in [-0.15, -0.1) is 0 Å². The van der Waals surface area contributed by atoms with Crippen molar-refractivity contribution in [2.24, 2.45) is 5.73 Å². The summed E-state index contributed by atoms with van der Waals surface area (Å²) in [5, 5.41) is 16.8. The van der Waals surface area contributed by atoms with E-state index < -0.39 is 26.0 Å². The van der Waals surface area contributed by atoms with Gasteiger partial charge >= 0.3 is 57.0 Å². The molecule has 0 aromatic rings. The third-order valence-corrected chi connectivity index (χ3v) is 1.18. The van der Waals surface area contributed by atoms with E-state index in [-0.39, 0.29) is 0 Å². The average molecular weight is 163 g/mol. The molecule has 0 unspecified atom stereocenters. The predicted octanol–water partition coefficient (Wildman–Crippen LogP) is -0.990. The van der Waals surface area contributed by atoms with Gasteiger partial charge in [-0.3, -0.25) is 0 Å². The molecule has 0 aromatic heterocycles. The third-order valence-electron chi connectivity index (χ3n) is 0.810. The van der Waals surface area contributed by atoms with Gasteiger partial charge < -0.3 is 0 Å². The van der Waals surface area contributed by atoms with E-state index in [1.807, 2.05) is 5.63 Å². The van der Waals surface area contributed by atoms with E-state index >= 15 is 0 Å². The number of aliphatic carboxylic acids is 1. The van der Waals surface area contributed by atoms with Gasteiger partial charge in [0.2, 0.25) is 0 Å². The van der Waals surface area contributed by atoms with Crippen molar-refractivity contribution < 1.29 is 19.6 Å². The number of nitrogens with two attached hydrogens (primary N) is 1. The first-order valence-electron chi connectivity index (χ1n) is 2.34. The Kier molecular flexibility index (Phi) is 4.00. The number of carbonyl (C=O) groups is 1. The standard InChI is InChI=1S/C4H6NO4P/c5-3(4(7)8)2(6)1-10-9/h2-3,6H,5H2,(H,7,8)/t2-,3+/m1/s1. The van der Waals surface area contributed by atoms with Crippen LogP contribution in [0, 0.1) is 5.63 Å². The van der Waals surface area contributed by atoms with Crippen LogP contribution in [0.25, 0.3) is 0 Å². The average Bonchev–Trinajstić information content (AvgIpc) is 1.87. The Hall–Kier alpha value is -0.600. The summed E-state index contributed by atoms with van der Waals surface area (Å²) >= 11 is 0. The maximum absolute atomic E-state index is 9.99. The van der Waals surface area contributed by atoms with Gasteiger partial charge in [-0.05, 0) is 0 Å². The van der Waals surface area contributed by atoms with Gasteiger partial charge in [0.05, 0.1) is 0 Å². The second kappa shape index (κ2) is 4.25. The Morgan fingerprint density at radius 3 is 2.50 bits per heavy atom. The maximum atomic E-state index is 9.99. The summed E-state index contributed by atoms with van der Waals surface area (Å²) in [5.74, 6) is -1.36. The van der Waals surface area contributed by atoms with Crippen LogP contribution in [-0.2, 0) is 9.36 Å². The van der Waals surface area contributed by atoms with E-state index in [0.717, 1.165) is 0 Å². The summed E-state index contributed by atoms with van der Waals surface area (Å²) in [7, 11) is -0.554. The predicted molar refractivity (Wildman–Crippen MR) is 33.1 cm³/mol. The summed E-state index contributed by atoms with van der Waals surface area (Å²) in [6.45, 7) is 0. The first-order valence-corrected chi connectivity index (χ1v) is 3.15. The Morgan fingerprint density at radius 1 is 1.70 bits per heavy atom. The Labute approximate surface area is 58.0 Å². The molecule has 2 atom stereocenters. The van der Waals surface area contributed by atoms with E-state index in [9.17, 15) is 9.36 Å². The summed E-state index contributed by atoms with van der Waals surface area (Å²) in [4.78, 5) is 9.99. The van der Waals surface area contributed by atoms with Crippen molar-refractivity contribution in [3.05, 3.63) is 0 Å². The van der Waals surface area contributed by atoms with E-state index in [1.54, 1.807) is 0 Å². The van der Waals surface area contributed by atoms with Gasteiger partial charge in [0, 0.05) is 0 Å². The number of carboxylic acid groups (broad SMARTS) is 1. The van der Waals surface area contributed by atoms with Crippen molar-refractivity contribution >= 4 is 13.9 Å². The summed E-state index contributed by atoms with van der Waals surface area (Å²) in [6.07, 6.45) is -1.49. The molecule has 6 heteroatoms. The van der Waals surface area contributed by atoms with E-state index in [0.29, 0.717) is 0 Å². The van der Waals surface area contributed by atoms with Crippen molar-refractivity contribution in [1.29, 1.82) is 0 Å². The number of hydrogen-bond acceptors (Lipinski definition) is 4. The summed E-state index contributed by atoms with van der Waals surface area (Å²) in [5.41, 5.74) is 6.78. The first-order chi connectivity index (χ1) is 4.59. The Morgan fingerprint density at radius 2 is 2.20 bits per heavy atom. The van der Waals surface area contributed by atoms with Crippen LogP contribution in [-0.4, -0.2) is 28.3 Å². The molecule has 0 aliphatic heterocycles. The van der Waals surface area contributed by atoms with Gasteiger partial charge in [-0.2, -0.15) is 0 Å². The molecule has 0 spiro atoms. The van der Waals surface area contributed by atoms with Crippen LogP contribution in [0.15, 0.2) is 0 Å². The van der Waals surface area contributed by atoms with Crippen LogP contribution in [0.1, 0.15) is 0 Å². The van der Waals surface area contributed by atoms with Crippen molar-refractivity contribution in [2.75, 3.05) is 0 Å². The van der Waals surface area contributed by atoms with Gasteiger partial charge in [-0.1, -0.05) is 0 Å². The fourth-order valence-corrected chi connectivity index (χ4v) is 0.538. The van der Waals surface area contributed by atoms with Crippen LogP contribution >= 0.6 is 7.92 Å². The number of aliphatic hydroxyl groups is 1. The molecule has 0 saturated heterocycles. The molecule has 0 amide bonds. The molecule has 10 heavy (non-hydrogen) atoms. The molecule has 0 heterocycles. The zero-order chi connectivity index (χ0) is 8.15. The molecule has 0 radical (unpaired) electrons. The zero-order valence-corrected chi connectivity index (χ0v) is 5.78. The van der Waals surface area contributed by atoms with Gasteiger partial charge in [0.1, 0.15) is 0 Å². The van der Waals surface area contributed by atoms with Gasteiger partial charge in [0.25, 0.3) is 0 Å². The quantitative estimate of drug-likeness (QED) is 0.454. The minimum atomic E-state index is -1.49. The molecule has 0 bridgehead atoms. The number of aliphatic hydroxyl groups excluding tert-OH is 1. The third kappa shape index (κ3) is 2.80. The van der Waals surface area contributed by atoms with Crippen LogP contribution < -0.4 is 5.73 Å². The normalized spacial score (nSPS) is 15.0. The Balaban J connectivity index is 4.16. The molecule has 5 nitrogen and oxygen atoms in total. The molecule has 0 fully saturated rings. The van der Waals surface area contributed by atoms with Gasteiger partial charge in [0.15, 0.2) is 0 Å². The molecule has 0 aromatic carbocycles. The second-order valence-corrected chi connectivity index (χ2v) is 1.97. The van der Waals surface area contributed by atoms with Crippen molar-refractivity contribution in [1.82, 2.24) is 0 Å². The number of hydrogen-bond donors (Lipinski definition) is 3. The SMILES string of the molecule is N[C@H](C(=O)O)[C@H](O)C#P=O. The van der Waals surface area contributed by atoms with Crippen molar-refractivity contribution in [2.45, 2.75) is 12.1 Å². The van der Waals surface area contributed by atoms with Crippen molar-refractivity contribution in [3.63, 3.8) is 0 Å². The second-order valence-electron chi connectivity index (χ2n) is 1.53. The van der Waals surface area contributed by atoms with Crippen LogP contribution in [0.4, 0.5) is 0 Å². The molecule has 0 rings (SSSR count).